The minimum Gasteiger partial charge on any atom is -0.375 e. The summed E-state index contributed by atoms with van der Waals surface area (Å²) < 4.78 is 5.71. The van der Waals surface area contributed by atoms with Crippen LogP contribution in [0, 0.1) is 5.92 Å². The number of rotatable bonds is 1. The molecule has 10 heavy (non-hydrogen) atoms. The Morgan fingerprint density at radius 2 is 2.00 bits per heavy atom. The van der Waals surface area contributed by atoms with Gasteiger partial charge in [0.05, 0.1) is 12.2 Å². The number of hydrogen-bond acceptors (Lipinski definition) is 1. The molecule has 0 spiro atoms. The van der Waals surface area contributed by atoms with Gasteiger partial charge >= 0.3 is 0 Å². The SMILES string of the molecule is CC[C@@H]1CC(C)CC(C)O1. The van der Waals surface area contributed by atoms with Crippen LogP contribution in [-0.4, -0.2) is 12.2 Å². The molecule has 1 saturated heterocycles. The van der Waals surface area contributed by atoms with Gasteiger partial charge in [0.25, 0.3) is 0 Å². The van der Waals surface area contributed by atoms with Crippen LogP contribution in [0.4, 0.5) is 0 Å². The van der Waals surface area contributed by atoms with Gasteiger partial charge in [-0.25, -0.2) is 0 Å². The molecule has 0 bridgehead atoms. The fourth-order valence-corrected chi connectivity index (χ4v) is 1.81. The molecule has 0 aromatic heterocycles. The zero-order valence-corrected chi connectivity index (χ0v) is 7.26. The van der Waals surface area contributed by atoms with E-state index in [4.69, 9.17) is 4.74 Å². The van der Waals surface area contributed by atoms with Gasteiger partial charge in [-0.15, -0.1) is 0 Å². The molecular weight excluding hydrogens is 124 g/mol. The van der Waals surface area contributed by atoms with E-state index in [9.17, 15) is 0 Å². The third kappa shape index (κ3) is 1.98. The van der Waals surface area contributed by atoms with Crippen LogP contribution in [0.15, 0.2) is 0 Å². The van der Waals surface area contributed by atoms with Crippen LogP contribution in [0.3, 0.4) is 0 Å². The lowest BCUT2D eigenvalue weighted by Crippen LogP contribution is -2.29. The van der Waals surface area contributed by atoms with Crippen molar-refractivity contribution >= 4 is 0 Å². The van der Waals surface area contributed by atoms with Gasteiger partial charge in [-0.3, -0.25) is 0 Å². The van der Waals surface area contributed by atoms with Crippen molar-refractivity contribution in [2.45, 2.75) is 52.2 Å². The van der Waals surface area contributed by atoms with Crippen molar-refractivity contribution in [3.05, 3.63) is 0 Å². The lowest BCUT2D eigenvalue weighted by molar-refractivity contribution is -0.0594. The van der Waals surface area contributed by atoms with Crippen molar-refractivity contribution < 1.29 is 4.74 Å². The number of ether oxygens (including phenoxy) is 1. The zero-order chi connectivity index (χ0) is 7.56. The van der Waals surface area contributed by atoms with Crippen LogP contribution in [0.25, 0.3) is 0 Å². The Morgan fingerprint density at radius 3 is 2.50 bits per heavy atom. The fraction of sp³-hybridized carbons (Fsp3) is 1.00. The summed E-state index contributed by atoms with van der Waals surface area (Å²) in [5.74, 6) is 0.869. The molecule has 0 radical (unpaired) electrons. The van der Waals surface area contributed by atoms with E-state index < -0.39 is 0 Å². The lowest BCUT2D eigenvalue weighted by atomic mass is 9.93. The van der Waals surface area contributed by atoms with E-state index in [0.29, 0.717) is 12.2 Å². The van der Waals surface area contributed by atoms with E-state index in [1.807, 2.05) is 0 Å². The smallest absolute Gasteiger partial charge is 0.0578 e. The molecule has 2 unspecified atom stereocenters. The lowest BCUT2D eigenvalue weighted by Gasteiger charge is -2.31. The fourth-order valence-electron chi connectivity index (χ4n) is 1.81. The Balaban J connectivity index is 2.35. The maximum absolute atomic E-state index is 5.71. The highest BCUT2D eigenvalue weighted by Gasteiger charge is 2.22. The molecule has 1 fully saturated rings. The first-order valence-corrected chi connectivity index (χ1v) is 4.37. The zero-order valence-electron chi connectivity index (χ0n) is 7.26. The highest BCUT2D eigenvalue weighted by molar-refractivity contribution is 4.71. The summed E-state index contributed by atoms with van der Waals surface area (Å²) in [5.41, 5.74) is 0. The van der Waals surface area contributed by atoms with Gasteiger partial charge in [-0.1, -0.05) is 13.8 Å². The second-order valence-corrected chi connectivity index (χ2v) is 3.55. The first-order chi connectivity index (χ1) is 4.72. The van der Waals surface area contributed by atoms with Gasteiger partial charge in [0.1, 0.15) is 0 Å². The van der Waals surface area contributed by atoms with E-state index in [1.165, 1.54) is 19.3 Å². The molecule has 1 aliphatic heterocycles. The molecule has 1 heteroatoms. The quantitative estimate of drug-likeness (QED) is 0.547. The molecule has 3 atom stereocenters. The Kier molecular flexibility index (Phi) is 2.72. The third-order valence-corrected chi connectivity index (χ3v) is 2.28. The van der Waals surface area contributed by atoms with Crippen LogP contribution in [0.2, 0.25) is 0 Å². The summed E-state index contributed by atoms with van der Waals surface area (Å²) >= 11 is 0. The Morgan fingerprint density at radius 1 is 1.30 bits per heavy atom. The summed E-state index contributed by atoms with van der Waals surface area (Å²) in [4.78, 5) is 0. The van der Waals surface area contributed by atoms with Crippen molar-refractivity contribution in [2.75, 3.05) is 0 Å². The maximum atomic E-state index is 5.71. The van der Waals surface area contributed by atoms with Gasteiger partial charge < -0.3 is 4.74 Å². The van der Waals surface area contributed by atoms with E-state index in [-0.39, 0.29) is 0 Å². The molecule has 0 aromatic carbocycles. The average molecular weight is 142 g/mol. The molecule has 1 aliphatic rings. The van der Waals surface area contributed by atoms with Crippen molar-refractivity contribution in [2.24, 2.45) is 5.92 Å². The third-order valence-electron chi connectivity index (χ3n) is 2.28. The Labute approximate surface area is 63.8 Å². The van der Waals surface area contributed by atoms with Crippen molar-refractivity contribution in [3.63, 3.8) is 0 Å². The molecule has 0 aromatic rings. The highest BCUT2D eigenvalue weighted by Crippen LogP contribution is 2.25. The predicted molar refractivity (Wildman–Crippen MR) is 43.0 cm³/mol. The second kappa shape index (κ2) is 3.38. The molecule has 0 saturated carbocycles. The maximum Gasteiger partial charge on any atom is 0.0578 e. The molecule has 0 N–H and O–H groups in total. The van der Waals surface area contributed by atoms with Gasteiger partial charge in [-0.2, -0.15) is 0 Å². The van der Waals surface area contributed by atoms with Crippen LogP contribution in [-0.2, 0) is 4.74 Å². The molecule has 1 nitrogen and oxygen atoms in total. The second-order valence-electron chi connectivity index (χ2n) is 3.55. The molecule has 60 valence electrons. The first-order valence-electron chi connectivity index (χ1n) is 4.37. The summed E-state index contributed by atoms with van der Waals surface area (Å²) in [7, 11) is 0. The van der Waals surface area contributed by atoms with Gasteiger partial charge in [0, 0.05) is 0 Å². The molecule has 0 amide bonds. The Hall–Kier alpha value is -0.0400. The summed E-state index contributed by atoms with van der Waals surface area (Å²) in [5, 5.41) is 0. The normalized spacial score (nSPS) is 41.7. The van der Waals surface area contributed by atoms with Crippen LogP contribution < -0.4 is 0 Å². The summed E-state index contributed by atoms with van der Waals surface area (Å²) in [6, 6.07) is 0. The van der Waals surface area contributed by atoms with Gasteiger partial charge in [-0.05, 0) is 32.1 Å². The van der Waals surface area contributed by atoms with Crippen LogP contribution >= 0.6 is 0 Å². The first kappa shape index (κ1) is 8.06. The highest BCUT2D eigenvalue weighted by atomic mass is 16.5. The predicted octanol–water partition coefficient (Wildman–Crippen LogP) is 2.60. The molecule has 0 aliphatic carbocycles. The molecule has 1 rings (SSSR count). The standard InChI is InChI=1S/C9H18O/c1-4-9-6-7(2)5-8(3)10-9/h7-9H,4-6H2,1-3H3/t7?,8?,9-/m1/s1. The van der Waals surface area contributed by atoms with E-state index in [2.05, 4.69) is 20.8 Å². The average Bonchev–Trinajstić information content (AvgIpc) is 1.85. The number of hydrogen-bond donors (Lipinski definition) is 0. The molecular formula is C9H18O. The summed E-state index contributed by atoms with van der Waals surface area (Å²) in [6.07, 6.45) is 4.72. The van der Waals surface area contributed by atoms with Crippen molar-refractivity contribution in [3.8, 4) is 0 Å². The van der Waals surface area contributed by atoms with E-state index in [1.54, 1.807) is 0 Å². The van der Waals surface area contributed by atoms with Crippen molar-refractivity contribution in [1.29, 1.82) is 0 Å². The molecule has 1 heterocycles. The van der Waals surface area contributed by atoms with E-state index >= 15 is 0 Å². The minimum atomic E-state index is 0.494. The van der Waals surface area contributed by atoms with Crippen molar-refractivity contribution in [1.82, 2.24) is 0 Å². The van der Waals surface area contributed by atoms with Crippen LogP contribution in [0.5, 0.6) is 0 Å². The van der Waals surface area contributed by atoms with Gasteiger partial charge in [0.2, 0.25) is 0 Å². The summed E-state index contributed by atoms with van der Waals surface area (Å²) in [6.45, 7) is 6.70. The van der Waals surface area contributed by atoms with E-state index in [0.717, 1.165) is 5.92 Å². The topological polar surface area (TPSA) is 9.23 Å². The largest absolute Gasteiger partial charge is 0.375 e. The minimum absolute atomic E-state index is 0.494. The van der Waals surface area contributed by atoms with Gasteiger partial charge in [0.15, 0.2) is 0 Å². The monoisotopic (exact) mass is 142 g/mol. The van der Waals surface area contributed by atoms with Crippen LogP contribution in [0.1, 0.15) is 40.0 Å². The Bertz CT molecular complexity index is 90.9.